The molecule has 20 heavy (non-hydrogen) atoms. The Morgan fingerprint density at radius 1 is 0.950 bits per heavy atom. The standard InChI is InChI=1S/C13H7Cl4NO2/c14-9-3-1-8(2-4-9)13(16,17)11-6-5-10(15)7-12(11)18(19)20/h1-7H. The van der Waals surface area contributed by atoms with Crippen molar-refractivity contribution in [2.24, 2.45) is 0 Å². The number of rotatable bonds is 3. The smallest absolute Gasteiger partial charge is 0.258 e. The summed E-state index contributed by atoms with van der Waals surface area (Å²) >= 11 is 24.2. The third kappa shape index (κ3) is 3.01. The van der Waals surface area contributed by atoms with Gasteiger partial charge < -0.3 is 0 Å². The van der Waals surface area contributed by atoms with Crippen LogP contribution in [-0.2, 0) is 4.33 Å². The van der Waals surface area contributed by atoms with Crippen molar-refractivity contribution >= 4 is 52.1 Å². The minimum atomic E-state index is -1.57. The summed E-state index contributed by atoms with van der Waals surface area (Å²) in [6.45, 7) is 0. The van der Waals surface area contributed by atoms with E-state index in [1.807, 2.05) is 0 Å². The van der Waals surface area contributed by atoms with Crippen LogP contribution >= 0.6 is 46.4 Å². The van der Waals surface area contributed by atoms with Gasteiger partial charge >= 0.3 is 0 Å². The molecule has 0 unspecified atom stereocenters. The summed E-state index contributed by atoms with van der Waals surface area (Å²) in [5, 5.41) is 11.9. The summed E-state index contributed by atoms with van der Waals surface area (Å²) in [5.41, 5.74) is 0.394. The predicted molar refractivity (Wildman–Crippen MR) is 82.0 cm³/mol. The fourth-order valence-electron chi connectivity index (χ4n) is 1.74. The Balaban J connectivity index is 2.59. The van der Waals surface area contributed by atoms with Crippen LogP contribution < -0.4 is 0 Å². The molecule has 0 spiro atoms. The molecule has 2 aromatic rings. The number of nitro groups is 1. The second-order valence-corrected chi connectivity index (χ2v) is 6.20. The number of nitro benzene ring substituents is 1. The zero-order valence-corrected chi connectivity index (χ0v) is 12.8. The first kappa shape index (κ1) is 15.4. The zero-order valence-electron chi connectivity index (χ0n) is 9.82. The van der Waals surface area contributed by atoms with E-state index in [1.165, 1.54) is 18.2 Å². The van der Waals surface area contributed by atoms with Crippen molar-refractivity contribution in [3.05, 3.63) is 73.8 Å². The Labute approximate surface area is 135 Å². The zero-order chi connectivity index (χ0) is 14.9. The van der Waals surface area contributed by atoms with Crippen molar-refractivity contribution in [2.75, 3.05) is 0 Å². The molecule has 0 bridgehead atoms. The molecule has 0 N–H and O–H groups in total. The van der Waals surface area contributed by atoms with Gasteiger partial charge in [-0.2, -0.15) is 0 Å². The van der Waals surface area contributed by atoms with Crippen LogP contribution in [0.4, 0.5) is 5.69 Å². The predicted octanol–water partition coefficient (Wildman–Crippen LogP) is 5.58. The largest absolute Gasteiger partial charge is 0.277 e. The van der Waals surface area contributed by atoms with Gasteiger partial charge in [0, 0.05) is 16.1 Å². The van der Waals surface area contributed by atoms with Gasteiger partial charge in [0.15, 0.2) is 4.33 Å². The molecule has 0 aliphatic heterocycles. The lowest BCUT2D eigenvalue weighted by Gasteiger charge is -2.20. The van der Waals surface area contributed by atoms with E-state index in [2.05, 4.69) is 0 Å². The first-order chi connectivity index (χ1) is 9.32. The molecule has 3 nitrogen and oxygen atoms in total. The van der Waals surface area contributed by atoms with E-state index in [-0.39, 0.29) is 16.3 Å². The van der Waals surface area contributed by atoms with Crippen LogP contribution in [0.5, 0.6) is 0 Å². The Kier molecular flexibility index (Phi) is 4.45. The Hall–Kier alpha value is -1.00. The van der Waals surface area contributed by atoms with Crippen molar-refractivity contribution in [1.82, 2.24) is 0 Å². The van der Waals surface area contributed by atoms with Crippen molar-refractivity contribution in [2.45, 2.75) is 4.33 Å². The summed E-state index contributed by atoms with van der Waals surface area (Å²) in [4.78, 5) is 10.5. The maximum absolute atomic E-state index is 11.1. The molecule has 0 aliphatic carbocycles. The molecule has 0 atom stereocenters. The van der Waals surface area contributed by atoms with Crippen molar-refractivity contribution in [3.8, 4) is 0 Å². The molecule has 0 aliphatic rings. The molecular formula is C13H7Cl4NO2. The van der Waals surface area contributed by atoms with E-state index in [9.17, 15) is 10.1 Å². The number of halogens is 4. The molecule has 104 valence electrons. The van der Waals surface area contributed by atoms with Crippen LogP contribution in [0.15, 0.2) is 42.5 Å². The molecule has 2 rings (SSSR count). The third-order valence-electron chi connectivity index (χ3n) is 2.70. The van der Waals surface area contributed by atoms with Gasteiger partial charge in [0.2, 0.25) is 0 Å². The molecule has 0 aromatic heterocycles. The molecule has 0 radical (unpaired) electrons. The van der Waals surface area contributed by atoms with E-state index in [1.54, 1.807) is 24.3 Å². The van der Waals surface area contributed by atoms with Gasteiger partial charge in [-0.15, -0.1) is 0 Å². The van der Waals surface area contributed by atoms with Crippen molar-refractivity contribution in [3.63, 3.8) is 0 Å². The SMILES string of the molecule is O=[N+]([O-])c1cc(Cl)ccc1C(Cl)(Cl)c1ccc(Cl)cc1. The van der Waals surface area contributed by atoms with Gasteiger partial charge in [-0.3, -0.25) is 10.1 Å². The Morgan fingerprint density at radius 3 is 2.05 bits per heavy atom. The molecule has 0 saturated heterocycles. The maximum atomic E-state index is 11.1. The lowest BCUT2D eigenvalue weighted by Crippen LogP contribution is -2.14. The number of hydrogen-bond donors (Lipinski definition) is 0. The molecule has 0 heterocycles. The van der Waals surface area contributed by atoms with Crippen molar-refractivity contribution in [1.29, 1.82) is 0 Å². The van der Waals surface area contributed by atoms with Crippen LogP contribution in [0.1, 0.15) is 11.1 Å². The lowest BCUT2D eigenvalue weighted by atomic mass is 10.0. The second-order valence-electron chi connectivity index (χ2n) is 4.00. The second kappa shape index (κ2) is 5.78. The third-order valence-corrected chi connectivity index (χ3v) is 4.03. The highest BCUT2D eigenvalue weighted by atomic mass is 35.5. The molecular weight excluding hydrogens is 344 g/mol. The fraction of sp³-hybridized carbons (Fsp3) is 0.0769. The van der Waals surface area contributed by atoms with Crippen LogP contribution in [0, 0.1) is 10.1 Å². The summed E-state index contributed by atoms with van der Waals surface area (Å²) < 4.78 is -1.57. The first-order valence-corrected chi connectivity index (χ1v) is 6.92. The minimum absolute atomic E-state index is 0.151. The number of nitrogens with zero attached hydrogens (tertiary/aromatic N) is 1. The summed E-state index contributed by atoms with van der Waals surface area (Å²) in [7, 11) is 0. The molecule has 0 amide bonds. The summed E-state index contributed by atoms with van der Waals surface area (Å²) in [6, 6.07) is 10.6. The van der Waals surface area contributed by atoms with Gasteiger partial charge in [0.25, 0.3) is 5.69 Å². The normalized spacial score (nSPS) is 11.4. The Morgan fingerprint density at radius 2 is 1.50 bits per heavy atom. The van der Waals surface area contributed by atoms with E-state index in [0.717, 1.165) is 0 Å². The van der Waals surface area contributed by atoms with Gasteiger partial charge in [-0.25, -0.2) is 0 Å². The van der Waals surface area contributed by atoms with Crippen molar-refractivity contribution < 1.29 is 4.92 Å². The van der Waals surface area contributed by atoms with Gasteiger partial charge in [0.1, 0.15) is 0 Å². The van der Waals surface area contributed by atoms with Crippen LogP contribution in [0.3, 0.4) is 0 Å². The fourth-order valence-corrected chi connectivity index (χ4v) is 2.60. The maximum Gasteiger partial charge on any atom is 0.277 e. The molecule has 0 saturated carbocycles. The van der Waals surface area contributed by atoms with Gasteiger partial charge in [-0.05, 0) is 29.8 Å². The van der Waals surface area contributed by atoms with Crippen LogP contribution in [-0.4, -0.2) is 4.92 Å². The van der Waals surface area contributed by atoms with Gasteiger partial charge in [0.05, 0.1) is 10.5 Å². The number of benzene rings is 2. The van der Waals surface area contributed by atoms with Gasteiger partial charge in [-0.1, -0.05) is 58.5 Å². The first-order valence-electron chi connectivity index (χ1n) is 5.40. The highest BCUT2D eigenvalue weighted by Gasteiger charge is 2.35. The molecule has 0 fully saturated rings. The van der Waals surface area contributed by atoms with E-state index in [0.29, 0.717) is 10.6 Å². The average Bonchev–Trinajstić information content (AvgIpc) is 2.38. The van der Waals surface area contributed by atoms with Crippen LogP contribution in [0.2, 0.25) is 10.0 Å². The molecule has 2 aromatic carbocycles. The summed E-state index contributed by atoms with van der Waals surface area (Å²) in [5.74, 6) is 0. The van der Waals surface area contributed by atoms with E-state index >= 15 is 0 Å². The summed E-state index contributed by atoms with van der Waals surface area (Å²) in [6.07, 6.45) is 0. The topological polar surface area (TPSA) is 43.1 Å². The van der Waals surface area contributed by atoms with E-state index < -0.39 is 9.26 Å². The average molecular weight is 351 g/mol. The molecule has 7 heteroatoms. The Bertz CT molecular complexity index is 656. The highest BCUT2D eigenvalue weighted by molar-refractivity contribution is 6.50. The highest BCUT2D eigenvalue weighted by Crippen LogP contribution is 2.45. The monoisotopic (exact) mass is 349 g/mol. The number of alkyl halides is 2. The quantitative estimate of drug-likeness (QED) is 0.412. The number of hydrogen-bond acceptors (Lipinski definition) is 2. The minimum Gasteiger partial charge on any atom is -0.258 e. The van der Waals surface area contributed by atoms with Crippen LogP contribution in [0.25, 0.3) is 0 Å². The van der Waals surface area contributed by atoms with E-state index in [4.69, 9.17) is 46.4 Å². The lowest BCUT2D eigenvalue weighted by molar-refractivity contribution is -0.385.